The molecule has 0 atom stereocenters. The van der Waals surface area contributed by atoms with Crippen molar-refractivity contribution in [1.82, 2.24) is 0 Å². The molecular weight excluding hydrogens is 252 g/mol. The maximum absolute atomic E-state index is 5.37. The van der Waals surface area contributed by atoms with Crippen LogP contribution in [0.3, 0.4) is 0 Å². The zero-order valence-electron chi connectivity index (χ0n) is 10.5. The molecule has 0 aromatic heterocycles. The van der Waals surface area contributed by atoms with Crippen LogP contribution in [0.5, 0.6) is 11.5 Å². The topological polar surface area (TPSA) is 18.5 Å². The molecule has 1 aliphatic heterocycles. The maximum atomic E-state index is 5.37. The van der Waals surface area contributed by atoms with Crippen LogP contribution in [0.1, 0.15) is 18.9 Å². The third-order valence-electron chi connectivity index (χ3n) is 2.95. The first-order valence-electron chi connectivity index (χ1n) is 5.70. The van der Waals surface area contributed by atoms with Crippen molar-refractivity contribution in [3.63, 3.8) is 0 Å². The van der Waals surface area contributed by atoms with Crippen LogP contribution in [0.25, 0.3) is 0 Å². The predicted molar refractivity (Wildman–Crippen MR) is 76.4 cm³/mol. The van der Waals surface area contributed by atoms with Crippen LogP contribution in [0.2, 0.25) is 0 Å². The molecule has 0 amide bonds. The summed E-state index contributed by atoms with van der Waals surface area (Å²) in [4.78, 5) is 0. The molecule has 1 saturated heterocycles. The summed E-state index contributed by atoms with van der Waals surface area (Å²) in [6.45, 7) is 2.29. The first-order chi connectivity index (χ1) is 8.19. The first kappa shape index (κ1) is 13.0. The van der Waals surface area contributed by atoms with Gasteiger partial charge in [-0.1, -0.05) is 6.07 Å². The molecule has 0 saturated carbocycles. The summed E-state index contributed by atoms with van der Waals surface area (Å²) in [6, 6.07) is 6.24. The smallest absolute Gasteiger partial charge is 0.161 e. The van der Waals surface area contributed by atoms with Crippen molar-refractivity contribution >= 4 is 23.5 Å². The lowest BCUT2D eigenvalue weighted by Gasteiger charge is -2.33. The molecular formula is C13H18O2S2. The van der Waals surface area contributed by atoms with E-state index in [9.17, 15) is 0 Å². The van der Waals surface area contributed by atoms with Gasteiger partial charge in [-0.05, 0) is 42.5 Å². The molecule has 1 aromatic rings. The standard InChI is InChI=1S/C13H18O2S2/c1-13(16-7-4-8-17-13)10-5-6-11(14-2)12(9-10)15-3/h5-6,9H,4,7-8H2,1-3H3. The maximum Gasteiger partial charge on any atom is 0.161 e. The number of thioether (sulfide) groups is 2. The zero-order chi connectivity index (χ0) is 12.3. The molecule has 0 radical (unpaired) electrons. The van der Waals surface area contributed by atoms with Crippen molar-refractivity contribution in [3.05, 3.63) is 23.8 Å². The molecule has 17 heavy (non-hydrogen) atoms. The lowest BCUT2D eigenvalue weighted by Crippen LogP contribution is -2.18. The molecule has 0 bridgehead atoms. The van der Waals surface area contributed by atoms with Crippen molar-refractivity contribution in [2.45, 2.75) is 17.4 Å². The lowest BCUT2D eigenvalue weighted by atomic mass is 10.1. The van der Waals surface area contributed by atoms with E-state index < -0.39 is 0 Å². The van der Waals surface area contributed by atoms with Crippen LogP contribution in [-0.4, -0.2) is 25.7 Å². The summed E-state index contributed by atoms with van der Waals surface area (Å²) in [5.74, 6) is 4.08. The van der Waals surface area contributed by atoms with E-state index in [1.807, 2.05) is 29.6 Å². The van der Waals surface area contributed by atoms with Gasteiger partial charge in [-0.15, -0.1) is 23.5 Å². The second-order valence-corrected chi connectivity index (χ2v) is 7.35. The van der Waals surface area contributed by atoms with Crippen LogP contribution in [0.15, 0.2) is 18.2 Å². The second-order valence-electron chi connectivity index (χ2n) is 4.07. The van der Waals surface area contributed by atoms with E-state index in [1.165, 1.54) is 23.5 Å². The fourth-order valence-corrected chi connectivity index (χ4v) is 4.88. The third kappa shape index (κ3) is 2.68. The van der Waals surface area contributed by atoms with Gasteiger partial charge in [0.2, 0.25) is 0 Å². The normalized spacial score (nSPS) is 18.8. The van der Waals surface area contributed by atoms with Crippen LogP contribution >= 0.6 is 23.5 Å². The monoisotopic (exact) mass is 270 g/mol. The zero-order valence-corrected chi connectivity index (χ0v) is 12.1. The largest absolute Gasteiger partial charge is 0.493 e. The van der Waals surface area contributed by atoms with Crippen LogP contribution in [0.4, 0.5) is 0 Å². The van der Waals surface area contributed by atoms with E-state index in [-0.39, 0.29) is 4.08 Å². The molecule has 2 rings (SSSR count). The minimum Gasteiger partial charge on any atom is -0.493 e. The Labute approximate surface area is 111 Å². The second kappa shape index (κ2) is 5.44. The van der Waals surface area contributed by atoms with E-state index in [4.69, 9.17) is 9.47 Å². The molecule has 0 N–H and O–H groups in total. The van der Waals surface area contributed by atoms with Gasteiger partial charge in [-0.2, -0.15) is 0 Å². The van der Waals surface area contributed by atoms with Crippen molar-refractivity contribution in [2.75, 3.05) is 25.7 Å². The highest BCUT2D eigenvalue weighted by atomic mass is 32.2. The van der Waals surface area contributed by atoms with E-state index >= 15 is 0 Å². The highest BCUT2D eigenvalue weighted by Crippen LogP contribution is 2.50. The van der Waals surface area contributed by atoms with Gasteiger partial charge in [-0.3, -0.25) is 0 Å². The van der Waals surface area contributed by atoms with Gasteiger partial charge in [0.05, 0.1) is 18.3 Å². The van der Waals surface area contributed by atoms with Crippen molar-refractivity contribution in [2.24, 2.45) is 0 Å². The molecule has 1 heterocycles. The quantitative estimate of drug-likeness (QED) is 0.832. The highest BCUT2D eigenvalue weighted by Gasteiger charge is 2.31. The molecule has 0 unspecified atom stereocenters. The van der Waals surface area contributed by atoms with Gasteiger partial charge in [-0.25, -0.2) is 0 Å². The number of hydrogen-bond acceptors (Lipinski definition) is 4. The van der Waals surface area contributed by atoms with Gasteiger partial charge in [0.15, 0.2) is 11.5 Å². The average Bonchev–Trinajstić information content (AvgIpc) is 2.38. The molecule has 4 heteroatoms. The van der Waals surface area contributed by atoms with E-state index in [0.29, 0.717) is 0 Å². The lowest BCUT2D eigenvalue weighted by molar-refractivity contribution is 0.354. The Kier molecular flexibility index (Phi) is 4.15. The van der Waals surface area contributed by atoms with Crippen LogP contribution in [-0.2, 0) is 4.08 Å². The summed E-state index contributed by atoms with van der Waals surface area (Å²) in [6.07, 6.45) is 1.30. The number of methoxy groups -OCH3 is 2. The van der Waals surface area contributed by atoms with Gasteiger partial charge >= 0.3 is 0 Å². The first-order valence-corrected chi connectivity index (χ1v) is 7.67. The average molecular weight is 270 g/mol. The summed E-state index contributed by atoms with van der Waals surface area (Å²) in [7, 11) is 3.36. The van der Waals surface area contributed by atoms with Gasteiger partial charge < -0.3 is 9.47 Å². The van der Waals surface area contributed by atoms with E-state index in [1.54, 1.807) is 14.2 Å². The molecule has 1 aliphatic rings. The van der Waals surface area contributed by atoms with Gasteiger partial charge in [0.1, 0.15) is 0 Å². The minimum absolute atomic E-state index is 0.151. The highest BCUT2D eigenvalue weighted by molar-refractivity contribution is 8.18. The minimum atomic E-state index is 0.151. The Morgan fingerprint density at radius 1 is 1.06 bits per heavy atom. The number of benzene rings is 1. The Bertz CT molecular complexity index is 387. The molecule has 0 spiro atoms. The van der Waals surface area contributed by atoms with Gasteiger partial charge in [0.25, 0.3) is 0 Å². The summed E-state index contributed by atoms with van der Waals surface area (Å²) < 4.78 is 10.8. The molecule has 1 aromatic carbocycles. The number of ether oxygens (including phenoxy) is 2. The molecule has 0 aliphatic carbocycles. The van der Waals surface area contributed by atoms with Crippen molar-refractivity contribution in [3.8, 4) is 11.5 Å². The predicted octanol–water partition coefficient (Wildman–Crippen LogP) is 3.75. The van der Waals surface area contributed by atoms with Crippen molar-refractivity contribution in [1.29, 1.82) is 0 Å². The number of hydrogen-bond donors (Lipinski definition) is 0. The summed E-state index contributed by atoms with van der Waals surface area (Å²) in [5.41, 5.74) is 1.31. The third-order valence-corrected chi connectivity index (χ3v) is 6.22. The SMILES string of the molecule is COc1ccc(C2(C)SCCCS2)cc1OC. The fraction of sp³-hybridized carbons (Fsp3) is 0.538. The Balaban J connectivity index is 2.32. The molecule has 2 nitrogen and oxygen atoms in total. The Morgan fingerprint density at radius 2 is 1.71 bits per heavy atom. The Morgan fingerprint density at radius 3 is 2.29 bits per heavy atom. The summed E-state index contributed by atoms with van der Waals surface area (Å²) in [5, 5.41) is 0. The summed E-state index contributed by atoms with van der Waals surface area (Å²) >= 11 is 4.04. The molecule has 1 fully saturated rings. The Hall–Kier alpha value is -0.480. The fourth-order valence-electron chi connectivity index (χ4n) is 1.92. The van der Waals surface area contributed by atoms with Crippen molar-refractivity contribution < 1.29 is 9.47 Å². The number of rotatable bonds is 3. The van der Waals surface area contributed by atoms with Gasteiger partial charge in [0, 0.05) is 0 Å². The van der Waals surface area contributed by atoms with E-state index in [0.717, 1.165) is 11.5 Å². The van der Waals surface area contributed by atoms with Crippen LogP contribution in [0, 0.1) is 0 Å². The van der Waals surface area contributed by atoms with Crippen LogP contribution < -0.4 is 9.47 Å². The molecule has 94 valence electrons. The van der Waals surface area contributed by atoms with E-state index in [2.05, 4.69) is 19.1 Å².